The number of benzene rings is 3. The van der Waals surface area contributed by atoms with Gasteiger partial charge in [-0.15, -0.1) is 0 Å². The van der Waals surface area contributed by atoms with Gasteiger partial charge >= 0.3 is 5.97 Å². The van der Waals surface area contributed by atoms with Crippen LogP contribution in [-0.4, -0.2) is 87.6 Å². The molecule has 0 unspecified atom stereocenters. The third-order valence-corrected chi connectivity index (χ3v) is 9.97. The van der Waals surface area contributed by atoms with Gasteiger partial charge in [0.25, 0.3) is 0 Å². The zero-order chi connectivity index (χ0) is 37.7. The van der Waals surface area contributed by atoms with Gasteiger partial charge in [-0.2, -0.15) is 0 Å². The van der Waals surface area contributed by atoms with Crippen LogP contribution in [0.1, 0.15) is 95.2 Å². The summed E-state index contributed by atoms with van der Waals surface area (Å²) in [6.07, 6.45) is -5.14. The summed E-state index contributed by atoms with van der Waals surface area (Å²) in [4.78, 5) is 54.0. The van der Waals surface area contributed by atoms with Crippen LogP contribution in [0.3, 0.4) is 0 Å². The molecule has 13 nitrogen and oxygen atoms in total. The molecule has 276 valence electrons. The lowest BCUT2D eigenvalue weighted by Gasteiger charge is -2.43. The fourth-order valence-electron chi connectivity index (χ4n) is 7.10. The molecule has 1 heterocycles. The molecule has 6 rings (SSSR count). The predicted octanol–water partition coefficient (Wildman–Crippen LogP) is 3.43. The Kier molecular flexibility index (Phi) is 10.0. The standard InChI is InChI=1S/C39H43NO12/c1-19-32(42)23(40-17-20-10-7-6-8-11-20)14-27(51-19)52-25-16-39(48,26(41)18-50-37(47)38(2,3)4)15-22-29(25)36(46)31-30(34(22)44)33(43)21-12-9-13-24(49-5)28(21)35(31)45/h6-13,19,23,25,27,32,40,42,44,46,48H,14-18H2,1-5H3/t19-,23-,25-,27-,32+,39-/m0/s1. The van der Waals surface area contributed by atoms with Gasteiger partial charge in [0.05, 0.1) is 47.5 Å². The largest absolute Gasteiger partial charge is 0.507 e. The molecular weight excluding hydrogens is 674 g/mol. The number of nitrogens with one attached hydrogen (secondary N) is 1. The molecule has 1 saturated heterocycles. The van der Waals surface area contributed by atoms with Crippen molar-refractivity contribution in [1.29, 1.82) is 0 Å². The molecule has 0 bridgehead atoms. The third kappa shape index (κ3) is 6.70. The van der Waals surface area contributed by atoms with Crippen LogP contribution in [0.25, 0.3) is 0 Å². The maximum atomic E-state index is 14.0. The summed E-state index contributed by atoms with van der Waals surface area (Å²) in [5.74, 6) is -4.43. The van der Waals surface area contributed by atoms with Gasteiger partial charge < -0.3 is 44.7 Å². The Hall–Kier alpha value is -4.66. The first-order valence-corrected chi connectivity index (χ1v) is 17.1. The fourth-order valence-corrected chi connectivity index (χ4v) is 7.10. The SMILES string of the molecule is COc1cccc2c1C(=O)c1c(O)c3c(c(O)c1C2=O)C[C@@](O)(C(=O)COC(=O)C(C)(C)C)C[C@@H]3O[C@H]1C[C@H](NCc2ccccc2)[C@H](O)[C@H](C)O1. The normalized spacial score (nSPS) is 25.5. The first-order valence-electron chi connectivity index (χ1n) is 17.1. The second-order valence-corrected chi connectivity index (χ2v) is 14.6. The number of carbonyl (C=O) groups is 4. The number of aliphatic hydroxyl groups is 2. The maximum Gasteiger partial charge on any atom is 0.311 e. The molecule has 0 aromatic heterocycles. The minimum Gasteiger partial charge on any atom is -0.507 e. The molecular formula is C39H43NO12. The second kappa shape index (κ2) is 14.1. The van der Waals surface area contributed by atoms with Crippen molar-refractivity contribution in [3.05, 3.63) is 87.5 Å². The van der Waals surface area contributed by atoms with E-state index >= 15 is 0 Å². The molecule has 1 aliphatic heterocycles. The molecule has 3 aromatic rings. The van der Waals surface area contributed by atoms with Gasteiger partial charge in [0.1, 0.15) is 22.8 Å². The van der Waals surface area contributed by atoms with Crippen LogP contribution < -0.4 is 10.1 Å². The number of methoxy groups -OCH3 is 1. The summed E-state index contributed by atoms with van der Waals surface area (Å²) in [5, 5.41) is 49.9. The average molecular weight is 718 g/mol. The van der Waals surface area contributed by atoms with E-state index in [1.807, 2.05) is 30.3 Å². The summed E-state index contributed by atoms with van der Waals surface area (Å²) >= 11 is 0. The molecule has 5 N–H and O–H groups in total. The number of Topliss-reactive ketones (excluding diaryl/α,β-unsaturated/α-hetero) is 1. The number of hydrogen-bond acceptors (Lipinski definition) is 13. The highest BCUT2D eigenvalue weighted by Crippen LogP contribution is 2.52. The first kappa shape index (κ1) is 37.1. The number of ether oxygens (including phenoxy) is 4. The number of phenols is 2. The molecule has 6 atom stereocenters. The van der Waals surface area contributed by atoms with Crippen LogP contribution in [-0.2, 0) is 36.8 Å². The van der Waals surface area contributed by atoms with E-state index in [2.05, 4.69) is 5.32 Å². The van der Waals surface area contributed by atoms with E-state index in [0.29, 0.717) is 6.54 Å². The molecule has 0 saturated carbocycles. The topological polar surface area (TPSA) is 198 Å². The van der Waals surface area contributed by atoms with Gasteiger partial charge in [0, 0.05) is 48.5 Å². The smallest absolute Gasteiger partial charge is 0.311 e. The summed E-state index contributed by atoms with van der Waals surface area (Å²) in [5.41, 5.74) is -3.71. The number of carbonyl (C=O) groups excluding carboxylic acids is 4. The summed E-state index contributed by atoms with van der Waals surface area (Å²) < 4.78 is 23.0. The highest BCUT2D eigenvalue weighted by Gasteiger charge is 2.51. The minimum atomic E-state index is -2.32. The highest BCUT2D eigenvalue weighted by molar-refractivity contribution is 6.31. The quantitative estimate of drug-likeness (QED) is 0.125. The number of rotatable bonds is 9. The van der Waals surface area contributed by atoms with Crippen molar-refractivity contribution in [2.75, 3.05) is 13.7 Å². The van der Waals surface area contributed by atoms with E-state index in [0.717, 1.165) is 5.56 Å². The van der Waals surface area contributed by atoms with E-state index in [1.165, 1.54) is 25.3 Å². The molecule has 52 heavy (non-hydrogen) atoms. The molecule has 2 aliphatic carbocycles. The van der Waals surface area contributed by atoms with E-state index < -0.39 is 107 Å². The van der Waals surface area contributed by atoms with Crippen molar-refractivity contribution >= 4 is 23.3 Å². The molecule has 3 aromatic carbocycles. The van der Waals surface area contributed by atoms with Crippen LogP contribution in [0.5, 0.6) is 17.2 Å². The van der Waals surface area contributed by atoms with E-state index in [4.69, 9.17) is 18.9 Å². The monoisotopic (exact) mass is 717 g/mol. The molecule has 13 heteroatoms. The van der Waals surface area contributed by atoms with Crippen molar-refractivity contribution in [3.8, 4) is 17.2 Å². The number of aromatic hydroxyl groups is 2. The van der Waals surface area contributed by atoms with Crippen molar-refractivity contribution in [2.45, 2.75) is 89.7 Å². The van der Waals surface area contributed by atoms with Crippen molar-refractivity contribution in [1.82, 2.24) is 5.32 Å². The van der Waals surface area contributed by atoms with Crippen molar-refractivity contribution in [2.24, 2.45) is 5.41 Å². The molecule has 3 aliphatic rings. The lowest BCUT2D eigenvalue weighted by molar-refractivity contribution is -0.250. The minimum absolute atomic E-state index is 0.0623. The van der Waals surface area contributed by atoms with Gasteiger partial charge in [0.2, 0.25) is 11.6 Å². The van der Waals surface area contributed by atoms with Crippen LogP contribution >= 0.6 is 0 Å². The molecule has 0 spiro atoms. The number of fused-ring (bicyclic) bond motifs is 3. The Morgan fingerprint density at radius 1 is 0.981 bits per heavy atom. The van der Waals surface area contributed by atoms with Gasteiger partial charge in [0.15, 0.2) is 18.7 Å². The fraction of sp³-hybridized carbons (Fsp3) is 0.436. The zero-order valence-electron chi connectivity index (χ0n) is 29.6. The van der Waals surface area contributed by atoms with Crippen LogP contribution in [0.4, 0.5) is 0 Å². The van der Waals surface area contributed by atoms with Crippen LogP contribution in [0.2, 0.25) is 0 Å². The van der Waals surface area contributed by atoms with Crippen molar-refractivity contribution in [3.63, 3.8) is 0 Å². The summed E-state index contributed by atoms with van der Waals surface area (Å²) in [6, 6.07) is 13.4. The number of esters is 1. The van der Waals surface area contributed by atoms with Crippen LogP contribution in [0, 0.1) is 5.41 Å². The highest BCUT2D eigenvalue weighted by atomic mass is 16.7. The number of aliphatic hydroxyl groups excluding tert-OH is 1. The number of hydrogen-bond donors (Lipinski definition) is 5. The number of phenolic OH excluding ortho intramolecular Hbond substituents is 2. The Morgan fingerprint density at radius 3 is 2.35 bits per heavy atom. The Bertz CT molecular complexity index is 1920. The molecule has 1 fully saturated rings. The molecule has 0 radical (unpaired) electrons. The Balaban J connectivity index is 1.40. The van der Waals surface area contributed by atoms with Gasteiger partial charge in [-0.1, -0.05) is 42.5 Å². The van der Waals surface area contributed by atoms with Crippen LogP contribution in [0.15, 0.2) is 48.5 Å². The Morgan fingerprint density at radius 2 is 1.67 bits per heavy atom. The predicted molar refractivity (Wildman–Crippen MR) is 184 cm³/mol. The lowest BCUT2D eigenvalue weighted by Crippen LogP contribution is -2.54. The third-order valence-electron chi connectivity index (χ3n) is 9.97. The zero-order valence-corrected chi connectivity index (χ0v) is 29.6. The van der Waals surface area contributed by atoms with Gasteiger partial charge in [-0.25, -0.2) is 0 Å². The van der Waals surface area contributed by atoms with Crippen molar-refractivity contribution < 1.29 is 58.6 Å². The average Bonchev–Trinajstić information content (AvgIpc) is 3.11. The van der Waals surface area contributed by atoms with Gasteiger partial charge in [-0.3, -0.25) is 19.2 Å². The summed E-state index contributed by atoms with van der Waals surface area (Å²) in [6.45, 7) is 6.10. The van der Waals surface area contributed by atoms with Gasteiger partial charge in [-0.05, 0) is 39.3 Å². The lowest BCUT2D eigenvalue weighted by atomic mass is 9.72. The van der Waals surface area contributed by atoms with E-state index in [-0.39, 0.29) is 34.4 Å². The first-order chi connectivity index (χ1) is 24.6. The maximum absolute atomic E-state index is 14.0. The molecule has 0 amide bonds. The summed E-state index contributed by atoms with van der Waals surface area (Å²) in [7, 11) is 1.33. The second-order valence-electron chi connectivity index (χ2n) is 14.6. The van der Waals surface area contributed by atoms with E-state index in [9.17, 15) is 39.6 Å². The Labute approximate surface area is 300 Å². The number of ketones is 3. The van der Waals surface area contributed by atoms with E-state index in [1.54, 1.807) is 27.7 Å².